The fourth-order valence-electron chi connectivity index (χ4n) is 3.02. The summed E-state index contributed by atoms with van der Waals surface area (Å²) in [7, 11) is 0.606. The summed E-state index contributed by atoms with van der Waals surface area (Å²) in [6.07, 6.45) is 0.685. The van der Waals surface area contributed by atoms with Crippen molar-refractivity contribution in [3.8, 4) is 0 Å². The van der Waals surface area contributed by atoms with Gasteiger partial charge in [0.05, 0.1) is 22.5 Å². The van der Waals surface area contributed by atoms with E-state index < -0.39 is 9.84 Å². The lowest BCUT2D eigenvalue weighted by Gasteiger charge is -2.16. The van der Waals surface area contributed by atoms with Crippen LogP contribution >= 0.6 is 15.9 Å². The molecular formula is C14H17BrN2O3S. The van der Waals surface area contributed by atoms with Crippen LogP contribution < -0.4 is 5.69 Å². The molecule has 7 heteroatoms. The van der Waals surface area contributed by atoms with Crippen molar-refractivity contribution in [2.24, 2.45) is 20.0 Å². The Morgan fingerprint density at radius 1 is 1.24 bits per heavy atom. The number of hydrogen-bond acceptors (Lipinski definition) is 3. The van der Waals surface area contributed by atoms with E-state index in [0.29, 0.717) is 6.42 Å². The first-order valence-electron chi connectivity index (χ1n) is 6.80. The second-order valence-electron chi connectivity index (χ2n) is 5.71. The molecule has 1 aromatic heterocycles. The number of aryl methyl sites for hydroxylation is 2. The average molecular weight is 373 g/mol. The van der Waals surface area contributed by atoms with Crippen LogP contribution in [0.1, 0.15) is 16.8 Å². The number of nitrogens with zero attached hydrogens (tertiary/aromatic N) is 2. The van der Waals surface area contributed by atoms with Crippen molar-refractivity contribution in [3.63, 3.8) is 0 Å². The highest BCUT2D eigenvalue weighted by atomic mass is 79.9. The Morgan fingerprint density at radius 3 is 2.52 bits per heavy atom. The normalized spacial score (nSPS) is 22.7. The third-order valence-corrected chi connectivity index (χ3v) is 7.37. The fraction of sp³-hybridized carbons (Fsp3) is 0.500. The Bertz CT molecular complexity index is 866. The van der Waals surface area contributed by atoms with Crippen molar-refractivity contribution in [1.29, 1.82) is 0 Å². The predicted octanol–water partition coefficient (Wildman–Crippen LogP) is 1.75. The van der Waals surface area contributed by atoms with Crippen LogP contribution in [-0.2, 0) is 23.9 Å². The molecule has 2 unspecified atom stereocenters. The molecule has 2 aromatic rings. The summed E-state index contributed by atoms with van der Waals surface area (Å²) >= 11 is 3.64. The number of rotatable bonds is 2. The molecule has 2 heterocycles. The minimum absolute atomic E-state index is 0.00511. The third-order valence-electron chi connectivity index (χ3n) is 4.30. The number of imidazole rings is 1. The number of benzene rings is 1. The van der Waals surface area contributed by atoms with Gasteiger partial charge in [-0.3, -0.25) is 9.13 Å². The van der Waals surface area contributed by atoms with Crippen LogP contribution in [0.3, 0.4) is 0 Å². The summed E-state index contributed by atoms with van der Waals surface area (Å²) in [6, 6.07) is 5.86. The first-order valence-corrected chi connectivity index (χ1v) is 9.54. The first-order chi connectivity index (χ1) is 9.80. The van der Waals surface area contributed by atoms with Gasteiger partial charge in [0.2, 0.25) is 0 Å². The minimum atomic E-state index is -2.89. The van der Waals surface area contributed by atoms with E-state index in [1.54, 1.807) is 23.2 Å². The summed E-state index contributed by atoms with van der Waals surface area (Å²) in [5.74, 6) is 0.591. The van der Waals surface area contributed by atoms with Crippen molar-refractivity contribution in [3.05, 3.63) is 34.2 Å². The lowest BCUT2D eigenvalue weighted by molar-refractivity contribution is 0.580. The maximum Gasteiger partial charge on any atom is 0.328 e. The molecule has 0 saturated carbocycles. The lowest BCUT2D eigenvalue weighted by atomic mass is 9.98. The average Bonchev–Trinajstić information content (AvgIpc) is 2.92. The highest BCUT2D eigenvalue weighted by molar-refractivity contribution is 9.09. The quantitative estimate of drug-likeness (QED) is 0.754. The van der Waals surface area contributed by atoms with Crippen molar-refractivity contribution in [1.82, 2.24) is 9.13 Å². The van der Waals surface area contributed by atoms with Gasteiger partial charge in [0.25, 0.3) is 0 Å². The van der Waals surface area contributed by atoms with Gasteiger partial charge < -0.3 is 0 Å². The summed E-state index contributed by atoms with van der Waals surface area (Å²) in [4.78, 5) is 11.9. The summed E-state index contributed by atoms with van der Waals surface area (Å²) in [5, 5.41) is 0. The zero-order chi connectivity index (χ0) is 15.4. The van der Waals surface area contributed by atoms with Gasteiger partial charge in [-0.25, -0.2) is 13.2 Å². The van der Waals surface area contributed by atoms with E-state index >= 15 is 0 Å². The van der Waals surface area contributed by atoms with E-state index in [4.69, 9.17) is 0 Å². The molecule has 114 valence electrons. The molecule has 1 aromatic carbocycles. The topological polar surface area (TPSA) is 61.1 Å². The number of halogens is 1. The van der Waals surface area contributed by atoms with Gasteiger partial charge >= 0.3 is 5.69 Å². The van der Waals surface area contributed by atoms with Crippen molar-refractivity contribution in [2.45, 2.75) is 11.2 Å². The monoisotopic (exact) mass is 372 g/mol. The van der Waals surface area contributed by atoms with Crippen LogP contribution in [0.15, 0.2) is 23.0 Å². The van der Waals surface area contributed by atoms with E-state index in [1.165, 1.54) is 0 Å². The molecule has 1 aliphatic rings. The molecule has 1 saturated heterocycles. The van der Waals surface area contributed by atoms with Crippen LogP contribution in [0.2, 0.25) is 0 Å². The number of fused-ring (bicyclic) bond motifs is 1. The van der Waals surface area contributed by atoms with E-state index in [-0.39, 0.29) is 27.9 Å². The Morgan fingerprint density at radius 2 is 1.90 bits per heavy atom. The minimum Gasteiger partial charge on any atom is -0.295 e. The molecule has 5 nitrogen and oxygen atoms in total. The molecule has 3 rings (SSSR count). The highest BCUT2D eigenvalue weighted by Crippen LogP contribution is 2.38. The SMILES string of the molecule is Cn1c(=O)n(C)c2cc(C(Br)C3CCS(=O)(=O)C3)ccc21. The number of sulfone groups is 1. The highest BCUT2D eigenvalue weighted by Gasteiger charge is 2.33. The predicted molar refractivity (Wildman–Crippen MR) is 86.6 cm³/mol. The molecule has 0 spiro atoms. The van der Waals surface area contributed by atoms with Crippen LogP contribution in [0, 0.1) is 5.92 Å². The van der Waals surface area contributed by atoms with Crippen LogP contribution in [0.4, 0.5) is 0 Å². The molecule has 0 N–H and O–H groups in total. The Hall–Kier alpha value is -1.08. The van der Waals surface area contributed by atoms with Gasteiger partial charge in [-0.05, 0) is 30.0 Å². The summed E-state index contributed by atoms with van der Waals surface area (Å²) in [6.45, 7) is 0. The zero-order valence-corrected chi connectivity index (χ0v) is 14.3. The maximum absolute atomic E-state index is 11.9. The third kappa shape index (κ3) is 2.46. The second kappa shape index (κ2) is 4.98. The van der Waals surface area contributed by atoms with Gasteiger partial charge in [0.15, 0.2) is 9.84 Å². The van der Waals surface area contributed by atoms with Gasteiger partial charge in [-0.2, -0.15) is 0 Å². The Balaban J connectivity index is 2.02. The maximum atomic E-state index is 11.9. The largest absolute Gasteiger partial charge is 0.328 e. The van der Waals surface area contributed by atoms with Crippen molar-refractivity contribution < 1.29 is 8.42 Å². The Kier molecular flexibility index (Phi) is 3.52. The molecule has 0 bridgehead atoms. The van der Waals surface area contributed by atoms with E-state index in [0.717, 1.165) is 16.6 Å². The van der Waals surface area contributed by atoms with Crippen LogP contribution in [0.5, 0.6) is 0 Å². The molecule has 0 amide bonds. The summed E-state index contributed by atoms with van der Waals surface area (Å²) in [5.41, 5.74) is 2.71. The van der Waals surface area contributed by atoms with Crippen molar-refractivity contribution >= 4 is 36.8 Å². The number of alkyl halides is 1. The van der Waals surface area contributed by atoms with Crippen LogP contribution in [-0.4, -0.2) is 29.1 Å². The lowest BCUT2D eigenvalue weighted by Crippen LogP contribution is -2.19. The molecular weight excluding hydrogens is 356 g/mol. The Labute approximate surface area is 131 Å². The van der Waals surface area contributed by atoms with Gasteiger partial charge in [-0.1, -0.05) is 22.0 Å². The molecule has 21 heavy (non-hydrogen) atoms. The number of aromatic nitrogens is 2. The first kappa shape index (κ1) is 14.8. The molecule has 1 fully saturated rings. The van der Waals surface area contributed by atoms with E-state index in [1.807, 2.05) is 18.2 Å². The van der Waals surface area contributed by atoms with Gasteiger partial charge in [0, 0.05) is 18.9 Å². The van der Waals surface area contributed by atoms with Gasteiger partial charge in [-0.15, -0.1) is 0 Å². The molecule has 0 aliphatic carbocycles. The standard InChI is InChI=1S/C14H17BrN2O3S/c1-16-11-4-3-9(7-12(11)17(2)14(16)18)13(15)10-5-6-21(19,20)8-10/h3-4,7,10,13H,5-6,8H2,1-2H3. The molecule has 2 atom stereocenters. The van der Waals surface area contributed by atoms with Crippen molar-refractivity contribution in [2.75, 3.05) is 11.5 Å². The fourth-order valence-corrected chi connectivity index (χ4v) is 5.85. The number of hydrogen-bond donors (Lipinski definition) is 0. The van der Waals surface area contributed by atoms with E-state index in [9.17, 15) is 13.2 Å². The second-order valence-corrected chi connectivity index (χ2v) is 8.93. The van der Waals surface area contributed by atoms with E-state index in [2.05, 4.69) is 15.9 Å². The van der Waals surface area contributed by atoms with Gasteiger partial charge in [0.1, 0.15) is 0 Å². The zero-order valence-electron chi connectivity index (χ0n) is 11.9. The van der Waals surface area contributed by atoms with Crippen LogP contribution in [0.25, 0.3) is 11.0 Å². The smallest absolute Gasteiger partial charge is 0.295 e. The summed E-state index contributed by atoms with van der Waals surface area (Å²) < 4.78 is 26.5. The molecule has 1 aliphatic heterocycles. The molecule has 0 radical (unpaired) electrons.